The zero-order valence-electron chi connectivity index (χ0n) is 32.0. The highest BCUT2D eigenvalue weighted by Gasteiger charge is 2.61. The molecular weight excluding hydrogens is 808 g/mol. The number of hydrogen-bond acceptors (Lipinski definition) is 11. The van der Waals surface area contributed by atoms with Crippen LogP contribution in [-0.4, -0.2) is 93.2 Å². The van der Waals surface area contributed by atoms with E-state index in [0.29, 0.717) is 43.4 Å². The number of rotatable bonds is 13. The summed E-state index contributed by atoms with van der Waals surface area (Å²) in [7, 11) is 1.53. The Morgan fingerprint density at radius 3 is 2.48 bits per heavy atom. The molecule has 4 N–H and O–H groups in total. The molecule has 1 unspecified atom stereocenters. The molecule has 300 valence electrons. The van der Waals surface area contributed by atoms with Crippen molar-refractivity contribution in [3.05, 3.63) is 40.7 Å². The molecule has 2 aliphatic carbocycles. The van der Waals surface area contributed by atoms with E-state index in [1.54, 1.807) is 51.3 Å². The van der Waals surface area contributed by atoms with E-state index in [9.17, 15) is 29.1 Å². The number of carboxylic acids is 1. The highest BCUT2D eigenvalue weighted by Crippen LogP contribution is 2.45. The molecule has 4 amide bonds. The smallest absolute Gasteiger partial charge is 0.408 e. The van der Waals surface area contributed by atoms with Crippen LogP contribution in [0.3, 0.4) is 0 Å². The summed E-state index contributed by atoms with van der Waals surface area (Å²) in [6.07, 6.45) is 3.66. The van der Waals surface area contributed by atoms with Crippen LogP contribution in [0.1, 0.15) is 72.6 Å². The van der Waals surface area contributed by atoms with E-state index in [-0.39, 0.29) is 37.8 Å². The van der Waals surface area contributed by atoms with Crippen molar-refractivity contribution in [3.8, 4) is 22.9 Å². The van der Waals surface area contributed by atoms with Crippen LogP contribution in [0.15, 0.2) is 40.7 Å². The second-order valence-corrected chi connectivity index (χ2v) is 17.1. The number of nitrogens with one attached hydrogen (secondary N) is 3. The number of methoxy groups -OCH3 is 1. The monoisotopic (exact) mass is 854 g/mol. The van der Waals surface area contributed by atoms with Crippen molar-refractivity contribution in [2.45, 2.75) is 102 Å². The summed E-state index contributed by atoms with van der Waals surface area (Å²) in [5, 5.41) is 21.1. The van der Waals surface area contributed by atoms with E-state index in [0.717, 1.165) is 25.7 Å². The van der Waals surface area contributed by atoms with Gasteiger partial charge in [0.1, 0.15) is 47.0 Å². The molecule has 15 nitrogen and oxygen atoms in total. The van der Waals surface area contributed by atoms with Gasteiger partial charge >= 0.3 is 12.1 Å². The number of carbonyl (C=O) groups excluding carboxylic acids is 4. The Kier molecular flexibility index (Phi) is 12.0. The van der Waals surface area contributed by atoms with Crippen molar-refractivity contribution in [2.24, 2.45) is 11.3 Å². The minimum Gasteiger partial charge on any atom is -0.495 e. The highest BCUT2D eigenvalue weighted by atomic mass is 79.9. The Bertz CT molecular complexity index is 2050. The lowest BCUT2D eigenvalue weighted by Gasteiger charge is -2.35. The Morgan fingerprint density at radius 1 is 1.12 bits per heavy atom. The molecule has 5 atom stereocenters. The second kappa shape index (κ2) is 16.4. The molecule has 3 fully saturated rings. The van der Waals surface area contributed by atoms with Crippen LogP contribution in [0.2, 0.25) is 0 Å². The molecule has 6 rings (SSSR count). The van der Waals surface area contributed by atoms with Gasteiger partial charge in [0.05, 0.1) is 29.3 Å². The SMILES string of the molecule is C=C[C@@H]1C[C@]1(NC(=O)[C@H]1C[C@@H](Oc2cc(-c3csc(NC(=O)CC)n3)nc3c(Br)c(OC)ccc23)CN1C(=O)C(NC(=O)OC1CCCC1)C(C)(C)C)C(=O)O. The van der Waals surface area contributed by atoms with Gasteiger partial charge in [0.25, 0.3) is 0 Å². The Balaban J connectivity index is 1.34. The summed E-state index contributed by atoms with van der Waals surface area (Å²) in [5.41, 5.74) is -0.936. The van der Waals surface area contributed by atoms with Gasteiger partial charge in [-0.3, -0.25) is 14.4 Å². The van der Waals surface area contributed by atoms with Gasteiger partial charge in [0.2, 0.25) is 17.7 Å². The minimum atomic E-state index is -1.54. The van der Waals surface area contributed by atoms with Gasteiger partial charge in [-0.15, -0.1) is 17.9 Å². The molecule has 3 heterocycles. The van der Waals surface area contributed by atoms with Gasteiger partial charge in [-0.05, 0) is 65.6 Å². The molecule has 2 aromatic heterocycles. The number of nitrogens with zero attached hydrogens (tertiary/aromatic N) is 3. The number of pyridine rings is 1. The molecule has 1 aliphatic heterocycles. The third-order valence-electron chi connectivity index (χ3n) is 10.5. The summed E-state index contributed by atoms with van der Waals surface area (Å²) in [4.78, 5) is 77.1. The number of ether oxygens (including phenoxy) is 3. The molecule has 17 heteroatoms. The van der Waals surface area contributed by atoms with Crippen LogP contribution in [0.5, 0.6) is 11.5 Å². The first-order valence-electron chi connectivity index (χ1n) is 18.6. The minimum absolute atomic E-state index is 0.00971. The number of anilines is 1. The number of carbonyl (C=O) groups is 5. The average Bonchev–Trinajstić information content (AvgIpc) is 3.57. The fraction of sp³-hybridized carbons (Fsp3) is 0.513. The zero-order chi connectivity index (χ0) is 40.5. The van der Waals surface area contributed by atoms with Crippen LogP contribution in [-0.2, 0) is 23.9 Å². The number of aromatic nitrogens is 2. The van der Waals surface area contributed by atoms with E-state index >= 15 is 0 Å². The van der Waals surface area contributed by atoms with Crippen molar-refractivity contribution in [1.82, 2.24) is 25.5 Å². The first-order chi connectivity index (χ1) is 26.6. The Morgan fingerprint density at radius 2 is 1.86 bits per heavy atom. The van der Waals surface area contributed by atoms with Crippen LogP contribution in [0.4, 0.5) is 9.93 Å². The van der Waals surface area contributed by atoms with Gasteiger partial charge in [-0.2, -0.15) is 0 Å². The topological polar surface area (TPSA) is 198 Å². The molecule has 3 aromatic rings. The van der Waals surface area contributed by atoms with Gasteiger partial charge in [-0.1, -0.05) is 33.8 Å². The van der Waals surface area contributed by atoms with E-state index in [4.69, 9.17) is 19.2 Å². The molecule has 2 saturated carbocycles. The van der Waals surface area contributed by atoms with Gasteiger partial charge in [0.15, 0.2) is 5.13 Å². The summed E-state index contributed by atoms with van der Waals surface area (Å²) < 4.78 is 18.4. The van der Waals surface area contributed by atoms with E-state index in [2.05, 4.69) is 43.4 Å². The summed E-state index contributed by atoms with van der Waals surface area (Å²) in [5.74, 6) is -2.15. The standard InChI is InChI=1S/C39H47BrN6O9S/c1-7-20-17-39(20,35(50)51)45-33(48)26-15-22(18-46(26)34(49)32(38(3,4)5)44-37(52)55-21-11-9-10-12-21)54-28-16-24(25-19-56-36(42-25)43-29(47)8-2)41-31-23(28)13-14-27(53-6)30(31)40/h7,13-14,16,19-22,26,32H,1,8-12,15,17-18H2,2-6H3,(H,44,52)(H,45,48)(H,50,51)(H,42,43,47)/t20-,22-,26-,32?,39-/m1/s1. The van der Waals surface area contributed by atoms with Gasteiger partial charge in [-0.25, -0.2) is 19.6 Å². The van der Waals surface area contributed by atoms with Crippen molar-refractivity contribution < 1.29 is 43.3 Å². The lowest BCUT2D eigenvalue weighted by molar-refractivity contribution is -0.146. The van der Waals surface area contributed by atoms with Crippen LogP contribution < -0.4 is 25.4 Å². The molecule has 3 aliphatic rings. The number of thiazole rings is 1. The first-order valence-corrected chi connectivity index (χ1v) is 20.3. The number of fused-ring (bicyclic) bond motifs is 1. The number of amides is 4. The predicted molar refractivity (Wildman–Crippen MR) is 212 cm³/mol. The number of aliphatic carboxylic acids is 1. The van der Waals surface area contributed by atoms with Crippen molar-refractivity contribution in [1.29, 1.82) is 0 Å². The van der Waals surface area contributed by atoms with Crippen LogP contribution >= 0.6 is 27.3 Å². The maximum Gasteiger partial charge on any atom is 0.408 e. The van der Waals surface area contributed by atoms with E-state index in [1.165, 1.54) is 29.4 Å². The number of hydrogen-bond donors (Lipinski definition) is 4. The maximum absolute atomic E-state index is 14.6. The third kappa shape index (κ3) is 8.48. The van der Waals surface area contributed by atoms with E-state index in [1.807, 2.05) is 0 Å². The molecule has 56 heavy (non-hydrogen) atoms. The lowest BCUT2D eigenvalue weighted by atomic mass is 9.85. The maximum atomic E-state index is 14.6. The number of carboxylic acid groups (broad SMARTS) is 1. The van der Waals surface area contributed by atoms with Crippen LogP contribution in [0.25, 0.3) is 22.3 Å². The number of benzene rings is 1. The normalized spacial score (nSPS) is 22.6. The van der Waals surface area contributed by atoms with Gasteiger partial charge < -0.3 is 40.2 Å². The van der Waals surface area contributed by atoms with Crippen LogP contribution in [0, 0.1) is 11.3 Å². The van der Waals surface area contributed by atoms with Crippen molar-refractivity contribution >= 4 is 73.1 Å². The largest absolute Gasteiger partial charge is 0.495 e. The molecule has 1 aromatic carbocycles. The summed E-state index contributed by atoms with van der Waals surface area (Å²) in [6.45, 7) is 10.8. The molecular formula is C39H47BrN6O9S. The fourth-order valence-corrected chi connectivity index (χ4v) is 8.57. The second-order valence-electron chi connectivity index (χ2n) is 15.5. The molecule has 1 saturated heterocycles. The molecule has 0 spiro atoms. The fourth-order valence-electron chi connectivity index (χ4n) is 7.25. The predicted octanol–water partition coefficient (Wildman–Crippen LogP) is 6.06. The average molecular weight is 856 g/mol. The third-order valence-corrected chi connectivity index (χ3v) is 12.0. The first kappa shape index (κ1) is 40.9. The zero-order valence-corrected chi connectivity index (χ0v) is 34.4. The Hall–Kier alpha value is -4.77. The van der Waals surface area contributed by atoms with Crippen molar-refractivity contribution in [3.63, 3.8) is 0 Å². The highest BCUT2D eigenvalue weighted by molar-refractivity contribution is 9.10. The lowest BCUT2D eigenvalue weighted by Crippen LogP contribution is -2.59. The van der Waals surface area contributed by atoms with Crippen molar-refractivity contribution in [2.75, 3.05) is 19.0 Å². The summed E-state index contributed by atoms with van der Waals surface area (Å²) in [6, 6.07) is 3.01. The van der Waals surface area contributed by atoms with E-state index < -0.39 is 58.9 Å². The number of halogens is 1. The molecule has 0 bridgehead atoms. The quantitative estimate of drug-likeness (QED) is 0.146. The summed E-state index contributed by atoms with van der Waals surface area (Å²) >= 11 is 4.86. The molecule has 0 radical (unpaired) electrons. The number of alkyl carbamates (subject to hydrolysis) is 1. The number of likely N-dealkylation sites (tertiary alicyclic amines) is 1. The van der Waals surface area contributed by atoms with Gasteiger partial charge in [0, 0.05) is 35.6 Å². The Labute approximate surface area is 337 Å².